The van der Waals surface area contributed by atoms with E-state index in [0.717, 1.165) is 8.47 Å². The molecule has 260 valence electrons. The van der Waals surface area contributed by atoms with Gasteiger partial charge in [-0.15, -0.1) is 23.2 Å². The summed E-state index contributed by atoms with van der Waals surface area (Å²) in [5, 5.41) is 12.3. The largest absolute Gasteiger partial charge is 0.508 e. The van der Waals surface area contributed by atoms with E-state index in [0.29, 0.717) is 10.8 Å². The highest BCUT2D eigenvalue weighted by molar-refractivity contribution is 14.1. The number of amides is 4. The molecule has 2 heterocycles. The summed E-state index contributed by atoms with van der Waals surface area (Å²) in [5.74, 6) is -22.0. The van der Waals surface area contributed by atoms with Crippen LogP contribution in [0.1, 0.15) is 24.3 Å². The van der Waals surface area contributed by atoms with Crippen LogP contribution in [0.3, 0.4) is 0 Å². The van der Waals surface area contributed by atoms with Gasteiger partial charge in [0.2, 0.25) is 17.6 Å². The van der Waals surface area contributed by atoms with Gasteiger partial charge in [0.15, 0.2) is 33.0 Å². The molecule has 4 amide bonds. The lowest BCUT2D eigenvalue weighted by Gasteiger charge is -2.51. The van der Waals surface area contributed by atoms with Crippen molar-refractivity contribution in [2.24, 2.45) is 17.8 Å². The topological polar surface area (TPSA) is 95.0 Å². The fraction of sp³-hybridized carbons (Fsp3) is 0.222. The lowest BCUT2D eigenvalue weighted by molar-refractivity contribution is -0.125. The van der Waals surface area contributed by atoms with Crippen molar-refractivity contribution in [3.05, 3.63) is 111 Å². The number of hydrogen-bond donors (Lipinski definition) is 1. The first-order chi connectivity index (χ1) is 24.1. The monoisotopic (exact) mass is 852 g/mol. The van der Waals surface area contributed by atoms with Crippen LogP contribution in [0.25, 0.3) is 10.8 Å². The molecule has 1 N–H and O–H groups in total. The molecule has 2 saturated heterocycles. The van der Waals surface area contributed by atoms with E-state index < -0.39 is 104 Å². The van der Waals surface area contributed by atoms with Gasteiger partial charge < -0.3 is 5.11 Å². The SMILES string of the molecule is O=C1[C@H]2[C@H](CC=C3[C@H]2C[C@@]2(Cl)C(=O)N(c4c(F)c(F)c(F)c(F)c4F)C(=O)[C@@]2(Cl)[C@H]3c2c(O)ccc3ccccc23)C(=O)N1c1ccc(I)cc1. The molecule has 1 saturated carbocycles. The molecule has 0 spiro atoms. The Bertz CT molecular complexity index is 2300. The van der Waals surface area contributed by atoms with E-state index in [-0.39, 0.29) is 28.1 Å². The number of allylic oxidation sites excluding steroid dienone is 2. The first kappa shape index (κ1) is 34.0. The Morgan fingerprint density at radius 2 is 1.37 bits per heavy atom. The van der Waals surface area contributed by atoms with Crippen molar-refractivity contribution in [2.75, 3.05) is 9.80 Å². The van der Waals surface area contributed by atoms with Gasteiger partial charge >= 0.3 is 0 Å². The number of phenols is 1. The van der Waals surface area contributed by atoms with Crippen LogP contribution in [0.4, 0.5) is 33.3 Å². The van der Waals surface area contributed by atoms with Crippen molar-refractivity contribution >= 4 is 91.6 Å². The molecule has 0 aromatic heterocycles. The number of alkyl halides is 2. The van der Waals surface area contributed by atoms with Crippen LogP contribution in [0.2, 0.25) is 0 Å². The fourth-order valence-corrected chi connectivity index (χ4v) is 9.59. The molecular formula is C36H20Cl2F5IN2O5. The summed E-state index contributed by atoms with van der Waals surface area (Å²) in [6, 6.07) is 16.0. The number of nitrogens with zero attached hydrogens (tertiary/aromatic N) is 2. The fourth-order valence-electron chi connectivity index (χ4n) is 8.32. The van der Waals surface area contributed by atoms with Crippen molar-refractivity contribution in [3.8, 4) is 5.75 Å². The summed E-state index contributed by atoms with van der Waals surface area (Å²) in [4.78, 5) is 52.5. The standard InChI is InChI=1S/C36H20Cl2F5IN2O5/c37-35-13-20-18(10-11-19-22(20)32(49)45(31(19)48)16-8-6-15(44)7-9-16)24(23-17-4-2-1-3-14(17)5-12-21(23)47)36(35,38)34(51)46(33(35)50)30-28(42)26(40)25(39)27(41)29(30)43/h1-10,12,19-20,22,24,47H,11,13H2/t19-,20+,22-,24+,35+,36-/m0/s1. The maximum Gasteiger partial charge on any atom is 0.258 e. The number of carbonyl (C=O) groups is 4. The van der Waals surface area contributed by atoms with E-state index in [4.69, 9.17) is 23.2 Å². The van der Waals surface area contributed by atoms with E-state index >= 15 is 8.78 Å². The molecule has 4 aromatic carbocycles. The van der Waals surface area contributed by atoms with Gasteiger partial charge in [-0.2, -0.15) is 0 Å². The third-order valence-corrected chi connectivity index (χ3v) is 12.7. The van der Waals surface area contributed by atoms with Crippen LogP contribution in [-0.4, -0.2) is 38.5 Å². The highest BCUT2D eigenvalue weighted by Gasteiger charge is 2.77. The highest BCUT2D eigenvalue weighted by Crippen LogP contribution is 2.67. The van der Waals surface area contributed by atoms with Gasteiger partial charge in [0.05, 0.1) is 17.5 Å². The third-order valence-electron chi connectivity index (χ3n) is 10.5. The first-order valence-electron chi connectivity index (χ1n) is 15.5. The number of aromatic hydroxyl groups is 1. The van der Waals surface area contributed by atoms with Gasteiger partial charge in [-0.05, 0) is 82.5 Å². The molecule has 51 heavy (non-hydrogen) atoms. The molecule has 4 aromatic rings. The molecule has 4 aliphatic rings. The lowest BCUT2D eigenvalue weighted by Crippen LogP contribution is -2.60. The number of halogens is 8. The highest BCUT2D eigenvalue weighted by atomic mass is 127. The minimum Gasteiger partial charge on any atom is -0.508 e. The number of fused-ring (bicyclic) bond motifs is 5. The van der Waals surface area contributed by atoms with E-state index in [9.17, 15) is 37.5 Å². The Hall–Kier alpha value is -4.08. The second kappa shape index (κ2) is 11.5. The van der Waals surface area contributed by atoms with Crippen molar-refractivity contribution in [1.82, 2.24) is 0 Å². The van der Waals surface area contributed by atoms with Gasteiger partial charge in [-0.25, -0.2) is 26.9 Å². The summed E-state index contributed by atoms with van der Waals surface area (Å²) >= 11 is 16.5. The number of phenolic OH excluding ortho intramolecular Hbond substituents is 1. The van der Waals surface area contributed by atoms with Crippen molar-refractivity contribution in [3.63, 3.8) is 0 Å². The molecular weight excluding hydrogens is 833 g/mol. The quantitative estimate of drug-likeness (QED) is 0.0436. The molecule has 0 bridgehead atoms. The zero-order chi connectivity index (χ0) is 36.5. The molecule has 7 nitrogen and oxygen atoms in total. The Balaban J connectivity index is 1.37. The van der Waals surface area contributed by atoms with E-state index in [1.54, 1.807) is 60.7 Å². The zero-order valence-corrected chi connectivity index (χ0v) is 29.2. The molecule has 2 aliphatic carbocycles. The van der Waals surface area contributed by atoms with Crippen molar-refractivity contribution in [2.45, 2.75) is 28.5 Å². The second-order valence-electron chi connectivity index (χ2n) is 12.9. The maximum absolute atomic E-state index is 15.3. The van der Waals surface area contributed by atoms with Gasteiger partial charge in [0.25, 0.3) is 11.8 Å². The number of carbonyl (C=O) groups excluding carboxylic acids is 4. The molecule has 0 unspecified atom stereocenters. The minimum absolute atomic E-state index is 0.0320. The maximum atomic E-state index is 15.3. The Morgan fingerprint density at radius 1 is 0.745 bits per heavy atom. The summed E-state index contributed by atoms with van der Waals surface area (Å²) in [6.45, 7) is 0. The van der Waals surface area contributed by atoms with Crippen LogP contribution in [0.15, 0.2) is 72.3 Å². The first-order valence-corrected chi connectivity index (χ1v) is 17.3. The van der Waals surface area contributed by atoms with E-state index in [1.165, 1.54) is 6.07 Å². The van der Waals surface area contributed by atoms with Gasteiger partial charge in [-0.3, -0.25) is 24.1 Å². The predicted octanol–water partition coefficient (Wildman–Crippen LogP) is 7.61. The molecule has 0 radical (unpaired) electrons. The van der Waals surface area contributed by atoms with Crippen molar-refractivity contribution in [1.29, 1.82) is 0 Å². The smallest absolute Gasteiger partial charge is 0.258 e. The molecule has 15 heteroatoms. The average molecular weight is 853 g/mol. The summed E-state index contributed by atoms with van der Waals surface area (Å²) < 4.78 is 74.6. The van der Waals surface area contributed by atoms with Crippen LogP contribution in [0.5, 0.6) is 5.75 Å². The second-order valence-corrected chi connectivity index (χ2v) is 15.4. The number of benzene rings is 4. The number of rotatable bonds is 3. The third kappa shape index (κ3) is 4.34. The number of anilines is 2. The van der Waals surface area contributed by atoms with Crippen LogP contribution in [-0.2, 0) is 19.2 Å². The molecule has 3 fully saturated rings. The number of hydrogen-bond acceptors (Lipinski definition) is 5. The minimum atomic E-state index is -2.76. The summed E-state index contributed by atoms with van der Waals surface area (Å²) in [5.41, 5.74) is -1.38. The Morgan fingerprint density at radius 3 is 2.04 bits per heavy atom. The molecule has 2 aliphatic heterocycles. The predicted molar refractivity (Wildman–Crippen MR) is 184 cm³/mol. The zero-order valence-electron chi connectivity index (χ0n) is 25.6. The Labute approximate surface area is 308 Å². The van der Waals surface area contributed by atoms with Gasteiger partial charge in [0.1, 0.15) is 11.4 Å². The van der Waals surface area contributed by atoms with E-state index in [2.05, 4.69) is 22.6 Å². The lowest BCUT2D eigenvalue weighted by atomic mass is 9.56. The van der Waals surface area contributed by atoms with Gasteiger partial charge in [0, 0.05) is 15.1 Å². The number of imide groups is 2. The summed E-state index contributed by atoms with van der Waals surface area (Å²) in [6.07, 6.45) is 0.901. The van der Waals surface area contributed by atoms with Crippen LogP contribution < -0.4 is 9.80 Å². The van der Waals surface area contributed by atoms with Gasteiger partial charge in [-0.1, -0.05) is 42.0 Å². The Kier molecular flexibility index (Phi) is 7.65. The molecule has 6 atom stereocenters. The normalized spacial score (nSPS) is 28.7. The van der Waals surface area contributed by atoms with E-state index in [1.807, 2.05) is 0 Å². The van der Waals surface area contributed by atoms with Crippen LogP contribution >= 0.6 is 45.8 Å². The average Bonchev–Trinajstić information content (AvgIpc) is 3.45. The molecule has 8 rings (SSSR count). The van der Waals surface area contributed by atoms with Crippen molar-refractivity contribution < 1.29 is 46.2 Å². The summed E-state index contributed by atoms with van der Waals surface area (Å²) in [7, 11) is 0. The van der Waals surface area contributed by atoms with Crippen LogP contribution in [0, 0.1) is 50.4 Å².